The molecule has 1 saturated heterocycles. The Kier molecular flexibility index (Phi) is 8.83. The van der Waals surface area contributed by atoms with Gasteiger partial charge in [0.15, 0.2) is 0 Å². The highest BCUT2D eigenvalue weighted by Crippen LogP contribution is 2.48. The van der Waals surface area contributed by atoms with Crippen LogP contribution in [0.4, 0.5) is 4.79 Å². The second kappa shape index (κ2) is 11.8. The summed E-state index contributed by atoms with van der Waals surface area (Å²) >= 11 is 0. The number of carbonyl (C=O) groups is 2. The molecule has 0 spiro atoms. The van der Waals surface area contributed by atoms with Crippen LogP contribution in [0.3, 0.4) is 0 Å². The van der Waals surface area contributed by atoms with E-state index in [9.17, 15) is 14.7 Å². The van der Waals surface area contributed by atoms with E-state index in [0.717, 1.165) is 42.6 Å². The van der Waals surface area contributed by atoms with Crippen LogP contribution >= 0.6 is 0 Å². The lowest BCUT2D eigenvalue weighted by Crippen LogP contribution is -2.48. The number of methoxy groups -OCH3 is 1. The van der Waals surface area contributed by atoms with Gasteiger partial charge >= 0.3 is 12.1 Å². The van der Waals surface area contributed by atoms with Crippen LogP contribution in [0.15, 0.2) is 48.5 Å². The third-order valence-electron chi connectivity index (χ3n) is 8.52. The molecule has 1 aliphatic heterocycles. The van der Waals surface area contributed by atoms with E-state index in [2.05, 4.69) is 59.0 Å². The van der Waals surface area contributed by atoms with E-state index in [1.165, 1.54) is 10.5 Å². The second-order valence-electron chi connectivity index (χ2n) is 13.4. The molecular weight excluding hydrogens is 504 g/mol. The lowest BCUT2D eigenvalue weighted by molar-refractivity contribution is -0.145. The Bertz CT molecular complexity index is 1180. The zero-order chi connectivity index (χ0) is 29.2. The van der Waals surface area contributed by atoms with Crippen LogP contribution in [0.2, 0.25) is 0 Å². The number of carboxylic acid groups (broad SMARTS) is 1. The van der Waals surface area contributed by atoms with Crippen LogP contribution in [0.1, 0.15) is 90.0 Å². The van der Waals surface area contributed by atoms with Crippen LogP contribution in [-0.4, -0.2) is 47.4 Å². The van der Waals surface area contributed by atoms with Gasteiger partial charge in [0.1, 0.15) is 17.9 Å². The van der Waals surface area contributed by atoms with Gasteiger partial charge in [-0.3, -0.25) is 4.90 Å². The fourth-order valence-corrected chi connectivity index (χ4v) is 6.50. The molecule has 1 saturated carbocycles. The molecule has 1 amide bonds. The summed E-state index contributed by atoms with van der Waals surface area (Å²) in [6.45, 7) is 13.1. The number of amides is 1. The Morgan fingerprint density at radius 1 is 1.00 bits per heavy atom. The van der Waals surface area contributed by atoms with Gasteiger partial charge in [-0.05, 0) is 53.7 Å². The van der Waals surface area contributed by atoms with E-state index < -0.39 is 29.6 Å². The van der Waals surface area contributed by atoms with Crippen molar-refractivity contribution in [2.24, 2.45) is 11.3 Å². The summed E-state index contributed by atoms with van der Waals surface area (Å²) in [5.74, 6) is -0.627. The van der Waals surface area contributed by atoms with Crippen LogP contribution < -0.4 is 10.1 Å². The maximum Gasteiger partial charge on any atom is 0.411 e. The van der Waals surface area contributed by atoms with Crippen molar-refractivity contribution in [3.8, 4) is 5.75 Å². The molecule has 1 aliphatic carbocycles. The molecule has 40 heavy (non-hydrogen) atoms. The highest BCUT2D eigenvalue weighted by molar-refractivity contribution is 5.82. The van der Waals surface area contributed by atoms with Crippen LogP contribution in [-0.2, 0) is 21.5 Å². The van der Waals surface area contributed by atoms with Gasteiger partial charge in [0.05, 0.1) is 13.2 Å². The number of hydrogen-bond acceptors (Lipinski definition) is 5. The number of nitrogens with one attached hydrogen (secondary N) is 1. The number of hydrogen-bond donors (Lipinski definition) is 2. The number of nitrogens with zero attached hydrogens (tertiary/aromatic N) is 1. The van der Waals surface area contributed by atoms with E-state index in [4.69, 9.17) is 9.47 Å². The maximum absolute atomic E-state index is 13.8. The Hall–Kier alpha value is -3.06. The van der Waals surface area contributed by atoms with Crippen LogP contribution in [0, 0.1) is 11.3 Å². The van der Waals surface area contributed by atoms with Crippen LogP contribution in [0.5, 0.6) is 5.75 Å². The predicted octanol–water partition coefficient (Wildman–Crippen LogP) is 6.70. The largest absolute Gasteiger partial charge is 0.496 e. The molecule has 4 atom stereocenters. The molecule has 7 nitrogen and oxygen atoms in total. The highest BCUT2D eigenvalue weighted by Gasteiger charge is 2.58. The number of carboxylic acids is 1. The first-order chi connectivity index (χ1) is 18.8. The monoisotopic (exact) mass is 550 g/mol. The van der Waals surface area contributed by atoms with Gasteiger partial charge in [0.25, 0.3) is 0 Å². The number of likely N-dealkylation sites (tertiary alicyclic amines) is 1. The number of benzene rings is 2. The van der Waals surface area contributed by atoms with Crippen LogP contribution in [0.25, 0.3) is 0 Å². The van der Waals surface area contributed by atoms with E-state index in [-0.39, 0.29) is 23.5 Å². The molecule has 0 unspecified atom stereocenters. The van der Waals surface area contributed by atoms with Gasteiger partial charge in [-0.2, -0.15) is 0 Å². The third kappa shape index (κ3) is 6.30. The molecule has 0 bridgehead atoms. The smallest absolute Gasteiger partial charge is 0.411 e. The van der Waals surface area contributed by atoms with Crippen molar-refractivity contribution in [1.82, 2.24) is 10.2 Å². The fraction of sp³-hybridized carbons (Fsp3) is 0.576. The first kappa shape index (κ1) is 29.9. The molecule has 2 aliphatic rings. The number of rotatable bonds is 7. The van der Waals surface area contributed by atoms with Gasteiger partial charge < -0.3 is 19.9 Å². The summed E-state index contributed by atoms with van der Waals surface area (Å²) in [7, 11) is 1.66. The zero-order valence-corrected chi connectivity index (χ0v) is 25.1. The third-order valence-corrected chi connectivity index (χ3v) is 8.52. The maximum atomic E-state index is 13.8. The zero-order valence-electron chi connectivity index (χ0n) is 25.1. The minimum Gasteiger partial charge on any atom is -0.496 e. The van der Waals surface area contributed by atoms with Gasteiger partial charge in [-0.25, -0.2) is 9.59 Å². The predicted molar refractivity (Wildman–Crippen MR) is 156 cm³/mol. The number of ether oxygens (including phenoxy) is 2. The van der Waals surface area contributed by atoms with E-state index in [1.807, 2.05) is 36.4 Å². The molecular formula is C33H46N2O5. The molecule has 2 fully saturated rings. The first-order valence-electron chi connectivity index (χ1n) is 14.5. The molecule has 0 radical (unpaired) electrons. The molecule has 2 aromatic rings. The lowest BCUT2D eigenvalue weighted by Gasteiger charge is -2.35. The van der Waals surface area contributed by atoms with Crippen molar-refractivity contribution in [1.29, 1.82) is 0 Å². The molecule has 0 aromatic heterocycles. The van der Waals surface area contributed by atoms with Gasteiger partial charge in [-0.1, -0.05) is 84.0 Å². The molecule has 1 heterocycles. The second-order valence-corrected chi connectivity index (χ2v) is 13.4. The summed E-state index contributed by atoms with van der Waals surface area (Å²) in [6, 6.07) is 14.1. The van der Waals surface area contributed by atoms with Crippen molar-refractivity contribution in [3.63, 3.8) is 0 Å². The van der Waals surface area contributed by atoms with E-state index in [0.29, 0.717) is 6.54 Å². The first-order valence-corrected chi connectivity index (χ1v) is 14.5. The average molecular weight is 551 g/mol. The van der Waals surface area contributed by atoms with Gasteiger partial charge in [-0.15, -0.1) is 0 Å². The standard InChI is InChI=1S/C33H46N2O5/c1-32(2,3)23-17-18-25(39-7)22(19-23)20-34-27-26(33(4,5)6)29(30(36)37)35(28(27)21-13-9-8-10-14-21)31(38)40-24-15-11-12-16-24/h8-10,13-14,17-19,24,26-29,34H,11-12,15-16,20H2,1-7H3,(H,36,37)/t26-,27-,28-,29-/m0/s1. The molecule has 7 heteroatoms. The summed E-state index contributed by atoms with van der Waals surface area (Å²) in [5.41, 5.74) is 2.61. The highest BCUT2D eigenvalue weighted by atomic mass is 16.6. The molecule has 218 valence electrons. The Morgan fingerprint density at radius 2 is 1.65 bits per heavy atom. The normalized spacial score (nSPS) is 23.8. The quantitative estimate of drug-likeness (QED) is 0.399. The number of aliphatic carboxylic acids is 1. The Labute approximate surface area is 239 Å². The van der Waals surface area contributed by atoms with Crippen molar-refractivity contribution < 1.29 is 24.2 Å². The molecule has 2 N–H and O–H groups in total. The molecule has 2 aromatic carbocycles. The molecule has 4 rings (SSSR count). The summed E-state index contributed by atoms with van der Waals surface area (Å²) in [5, 5.41) is 14.3. The van der Waals surface area contributed by atoms with Crippen molar-refractivity contribution in [2.75, 3.05) is 7.11 Å². The van der Waals surface area contributed by atoms with Crippen molar-refractivity contribution in [2.45, 2.75) is 103 Å². The van der Waals surface area contributed by atoms with Crippen molar-refractivity contribution >= 4 is 12.1 Å². The minimum absolute atomic E-state index is 0.0376. The van der Waals surface area contributed by atoms with Crippen molar-refractivity contribution in [3.05, 3.63) is 65.2 Å². The minimum atomic E-state index is -1.04. The van der Waals surface area contributed by atoms with Gasteiger partial charge in [0, 0.05) is 24.1 Å². The Balaban J connectivity index is 1.78. The Morgan fingerprint density at radius 3 is 2.20 bits per heavy atom. The average Bonchev–Trinajstić information content (AvgIpc) is 3.53. The fourth-order valence-electron chi connectivity index (χ4n) is 6.50. The number of carbonyl (C=O) groups excluding carboxylic acids is 1. The lowest BCUT2D eigenvalue weighted by atomic mass is 9.72. The topological polar surface area (TPSA) is 88.1 Å². The van der Waals surface area contributed by atoms with E-state index in [1.54, 1.807) is 7.11 Å². The SMILES string of the molecule is COc1ccc(C(C)(C)C)cc1CN[C@H]1[C@H](C(C)(C)C)[C@@H](C(=O)O)N(C(=O)OC2CCCC2)[C@H]1c1ccccc1. The van der Waals surface area contributed by atoms with E-state index >= 15 is 0 Å². The summed E-state index contributed by atoms with van der Waals surface area (Å²) < 4.78 is 11.7. The summed E-state index contributed by atoms with van der Waals surface area (Å²) in [6.07, 6.45) is 2.98. The summed E-state index contributed by atoms with van der Waals surface area (Å²) in [4.78, 5) is 28.3. The van der Waals surface area contributed by atoms with Gasteiger partial charge in [0.2, 0.25) is 0 Å².